The Hall–Kier alpha value is -2.06. The molecule has 2 aromatic heterocycles. The minimum absolute atomic E-state index is 0.0340. The molecule has 156 valence electrons. The van der Waals surface area contributed by atoms with E-state index in [1.54, 1.807) is 30.0 Å². The monoisotopic (exact) mass is 460 g/mol. The predicted octanol–water partition coefficient (Wildman–Crippen LogP) is 4.36. The fraction of sp³-hybridized carbons (Fsp3) is 0.273. The van der Waals surface area contributed by atoms with Gasteiger partial charge in [0.1, 0.15) is 5.56 Å². The highest BCUT2D eigenvalue weighted by Crippen LogP contribution is 2.45. The number of nitrogens with one attached hydrogen (secondary N) is 1. The zero-order valence-electron chi connectivity index (χ0n) is 16.5. The third-order valence-corrected chi connectivity index (χ3v) is 7.25. The Morgan fingerprint density at radius 3 is 2.87 bits per heavy atom. The van der Waals surface area contributed by atoms with Gasteiger partial charge in [-0.3, -0.25) is 9.59 Å². The Balaban J connectivity index is 1.94. The number of thiophene rings is 1. The van der Waals surface area contributed by atoms with Crippen molar-refractivity contribution in [1.82, 2.24) is 9.88 Å². The largest absolute Gasteiger partial charge is 0.392 e. The Labute approximate surface area is 187 Å². The van der Waals surface area contributed by atoms with Crippen molar-refractivity contribution in [3.05, 3.63) is 78.9 Å². The van der Waals surface area contributed by atoms with E-state index in [1.165, 1.54) is 6.07 Å². The summed E-state index contributed by atoms with van der Waals surface area (Å²) in [5, 5.41) is 17.0. The van der Waals surface area contributed by atoms with E-state index in [4.69, 9.17) is 11.6 Å². The van der Waals surface area contributed by atoms with Crippen molar-refractivity contribution in [2.75, 3.05) is 6.54 Å². The number of aromatic nitrogens is 1. The molecule has 0 unspecified atom stereocenters. The molecule has 8 heteroatoms. The molecule has 1 aliphatic heterocycles. The third-order valence-electron chi connectivity index (χ3n) is 5.01. The Bertz CT molecular complexity index is 1160. The highest BCUT2D eigenvalue weighted by molar-refractivity contribution is 7.99. The molecule has 1 amide bonds. The van der Waals surface area contributed by atoms with E-state index in [0.717, 1.165) is 21.8 Å². The zero-order chi connectivity index (χ0) is 21.4. The van der Waals surface area contributed by atoms with Gasteiger partial charge in [-0.05, 0) is 54.4 Å². The summed E-state index contributed by atoms with van der Waals surface area (Å²) in [6, 6.07) is 9.25. The zero-order valence-corrected chi connectivity index (χ0v) is 18.9. The minimum atomic E-state index is -0.697. The second kappa shape index (κ2) is 8.59. The first-order valence-corrected chi connectivity index (χ1v) is 11.8. The van der Waals surface area contributed by atoms with Crippen LogP contribution in [0.5, 0.6) is 0 Å². The summed E-state index contributed by atoms with van der Waals surface area (Å²) in [6.07, 6.45) is -0.181. The second-order valence-electron chi connectivity index (χ2n) is 7.35. The minimum Gasteiger partial charge on any atom is -0.392 e. The SMILES string of the molecule is Cc1cc(=O)c(C(=O)NC[C@H](C)O)c2n1-c1ccc(Cl)cc1S[C@H](c1ccsc1)C2. The number of benzene rings is 1. The first-order valence-electron chi connectivity index (χ1n) is 9.55. The molecule has 0 bridgehead atoms. The average molecular weight is 461 g/mol. The number of rotatable bonds is 4. The van der Waals surface area contributed by atoms with Crippen LogP contribution in [0, 0.1) is 6.92 Å². The second-order valence-corrected chi connectivity index (χ2v) is 9.81. The molecule has 5 nitrogen and oxygen atoms in total. The van der Waals surface area contributed by atoms with Crippen LogP contribution in [0.4, 0.5) is 0 Å². The van der Waals surface area contributed by atoms with Crippen molar-refractivity contribution < 1.29 is 9.90 Å². The molecule has 1 aromatic carbocycles. The van der Waals surface area contributed by atoms with Gasteiger partial charge < -0.3 is 15.0 Å². The lowest BCUT2D eigenvalue weighted by Crippen LogP contribution is -2.36. The summed E-state index contributed by atoms with van der Waals surface area (Å²) < 4.78 is 1.99. The highest BCUT2D eigenvalue weighted by atomic mass is 35.5. The molecule has 1 aliphatic rings. The summed E-state index contributed by atoms with van der Waals surface area (Å²) in [5.74, 6) is -0.462. The number of pyridine rings is 1. The number of amides is 1. The fourth-order valence-electron chi connectivity index (χ4n) is 3.68. The number of thioether (sulfide) groups is 1. The normalized spacial score (nSPS) is 16.3. The van der Waals surface area contributed by atoms with Gasteiger partial charge in [-0.2, -0.15) is 11.3 Å². The van der Waals surface area contributed by atoms with Crippen LogP contribution in [-0.2, 0) is 6.42 Å². The fourth-order valence-corrected chi connectivity index (χ4v) is 6.02. The molecule has 30 heavy (non-hydrogen) atoms. The van der Waals surface area contributed by atoms with E-state index in [2.05, 4.69) is 16.8 Å². The summed E-state index contributed by atoms with van der Waals surface area (Å²) in [4.78, 5) is 26.9. The van der Waals surface area contributed by atoms with Crippen LogP contribution in [0.3, 0.4) is 0 Å². The molecule has 3 aromatic rings. The van der Waals surface area contributed by atoms with E-state index < -0.39 is 12.0 Å². The van der Waals surface area contributed by atoms with Crippen molar-refractivity contribution >= 4 is 40.6 Å². The van der Waals surface area contributed by atoms with Gasteiger partial charge in [0, 0.05) is 45.6 Å². The lowest BCUT2D eigenvalue weighted by atomic mass is 10.0. The topological polar surface area (TPSA) is 71.3 Å². The number of aliphatic hydroxyl groups excluding tert-OH is 1. The van der Waals surface area contributed by atoms with Crippen molar-refractivity contribution in [2.24, 2.45) is 0 Å². The van der Waals surface area contributed by atoms with Crippen LogP contribution in [0.1, 0.15) is 39.5 Å². The van der Waals surface area contributed by atoms with Gasteiger partial charge in [0.25, 0.3) is 5.91 Å². The number of hydrogen-bond donors (Lipinski definition) is 2. The van der Waals surface area contributed by atoms with Crippen LogP contribution in [0.15, 0.2) is 50.8 Å². The molecule has 0 fully saturated rings. The number of hydrogen-bond acceptors (Lipinski definition) is 5. The van der Waals surface area contributed by atoms with Gasteiger partial charge in [-0.25, -0.2) is 0 Å². The predicted molar refractivity (Wildman–Crippen MR) is 122 cm³/mol. The van der Waals surface area contributed by atoms with E-state index in [9.17, 15) is 14.7 Å². The number of aryl methyl sites for hydroxylation is 1. The maximum atomic E-state index is 13.0. The Morgan fingerprint density at radius 2 is 2.17 bits per heavy atom. The highest BCUT2D eigenvalue weighted by Gasteiger charge is 2.29. The van der Waals surface area contributed by atoms with E-state index in [1.807, 2.05) is 35.1 Å². The average Bonchev–Trinajstić information content (AvgIpc) is 3.16. The number of fused-ring (bicyclic) bond motifs is 3. The molecular formula is C22H21ClN2O3S2. The standard InChI is InChI=1S/C22H21ClN2O3S2/c1-12-7-18(27)21(22(28)24-10-13(2)26)17-9-19(14-5-6-29-11-14)30-20-8-15(23)3-4-16(20)25(12)17/h3-8,11,13,19,26H,9-10H2,1-2H3,(H,24,28)/t13-,19-/m0/s1. The smallest absolute Gasteiger partial charge is 0.257 e. The van der Waals surface area contributed by atoms with Gasteiger partial charge in [0.2, 0.25) is 0 Å². The van der Waals surface area contributed by atoms with Crippen molar-refractivity contribution in [2.45, 2.75) is 36.5 Å². The van der Waals surface area contributed by atoms with Crippen molar-refractivity contribution in [3.8, 4) is 5.69 Å². The number of halogens is 1. The maximum absolute atomic E-state index is 13.0. The number of carbonyl (C=O) groups is 1. The van der Waals surface area contributed by atoms with Gasteiger partial charge in [0.05, 0.1) is 11.8 Å². The first-order chi connectivity index (χ1) is 14.3. The first kappa shape index (κ1) is 21.2. The molecule has 0 saturated carbocycles. The lowest BCUT2D eigenvalue weighted by molar-refractivity contribution is 0.0921. The summed E-state index contributed by atoms with van der Waals surface area (Å²) in [5.41, 5.74) is 3.30. The van der Waals surface area contributed by atoms with E-state index in [-0.39, 0.29) is 22.8 Å². The molecule has 2 N–H and O–H groups in total. The molecule has 0 aliphatic carbocycles. The van der Waals surface area contributed by atoms with Crippen molar-refractivity contribution in [3.63, 3.8) is 0 Å². The van der Waals surface area contributed by atoms with Gasteiger partial charge in [-0.15, -0.1) is 11.8 Å². The molecular weight excluding hydrogens is 440 g/mol. The van der Waals surface area contributed by atoms with Crippen LogP contribution in [0.25, 0.3) is 5.69 Å². The molecule has 0 spiro atoms. The van der Waals surface area contributed by atoms with Crippen LogP contribution >= 0.6 is 34.7 Å². The molecule has 0 saturated heterocycles. The van der Waals surface area contributed by atoms with Crippen molar-refractivity contribution in [1.29, 1.82) is 0 Å². The van der Waals surface area contributed by atoms with E-state index in [0.29, 0.717) is 17.1 Å². The Kier molecular flexibility index (Phi) is 6.06. The van der Waals surface area contributed by atoms with E-state index >= 15 is 0 Å². The number of carbonyl (C=O) groups excluding carboxylic acids is 1. The number of nitrogens with zero attached hydrogens (tertiary/aromatic N) is 1. The summed E-state index contributed by atoms with van der Waals surface area (Å²) >= 11 is 9.60. The third kappa shape index (κ3) is 4.07. The lowest BCUT2D eigenvalue weighted by Gasteiger charge is -2.20. The molecule has 2 atom stereocenters. The molecule has 0 radical (unpaired) electrons. The van der Waals surface area contributed by atoms with Gasteiger partial charge >= 0.3 is 0 Å². The Morgan fingerprint density at radius 1 is 1.37 bits per heavy atom. The van der Waals surface area contributed by atoms with Gasteiger partial charge in [-0.1, -0.05) is 11.6 Å². The summed E-state index contributed by atoms with van der Waals surface area (Å²) in [7, 11) is 0. The quantitative estimate of drug-likeness (QED) is 0.606. The van der Waals surface area contributed by atoms with Crippen LogP contribution < -0.4 is 10.7 Å². The molecule has 3 heterocycles. The summed E-state index contributed by atoms with van der Waals surface area (Å²) in [6.45, 7) is 3.54. The maximum Gasteiger partial charge on any atom is 0.257 e. The van der Waals surface area contributed by atoms with Crippen LogP contribution in [-0.4, -0.2) is 28.2 Å². The molecule has 4 rings (SSSR count). The van der Waals surface area contributed by atoms with Gasteiger partial charge in [0.15, 0.2) is 5.43 Å². The number of aliphatic hydroxyl groups is 1. The van der Waals surface area contributed by atoms with Crippen LogP contribution in [0.2, 0.25) is 5.02 Å².